The molecule has 2 rings (SSSR count). The van der Waals surface area contributed by atoms with Gasteiger partial charge in [0.1, 0.15) is 4.90 Å². The Balaban J connectivity index is 2.57. The third-order valence-corrected chi connectivity index (χ3v) is 5.34. The lowest BCUT2D eigenvalue weighted by Gasteiger charge is -2.20. The lowest BCUT2D eigenvalue weighted by atomic mass is 10.3. The van der Waals surface area contributed by atoms with E-state index >= 15 is 0 Å². The van der Waals surface area contributed by atoms with Gasteiger partial charge in [0.2, 0.25) is 0 Å². The monoisotopic (exact) mass is 365 g/mol. The van der Waals surface area contributed by atoms with Crippen molar-refractivity contribution in [2.45, 2.75) is 4.90 Å². The fraction of sp³-hybridized carbons (Fsp3) is 0.0769. The molecule has 8 heteroatoms. The summed E-state index contributed by atoms with van der Waals surface area (Å²) in [7, 11) is -2.69. The Bertz CT molecular complexity index is 793. The molecule has 0 fully saturated rings. The minimum atomic E-state index is -4.03. The van der Waals surface area contributed by atoms with Crippen molar-refractivity contribution in [2.24, 2.45) is 0 Å². The average Bonchev–Trinajstić information content (AvgIpc) is 2.41. The van der Waals surface area contributed by atoms with Gasteiger partial charge in [-0.2, -0.15) is 0 Å². The minimum Gasteiger partial charge on any atom is -0.505 e. The number of aromatic hydroxyl groups is 1. The highest BCUT2D eigenvalue weighted by Gasteiger charge is 2.26. The van der Waals surface area contributed by atoms with Crippen molar-refractivity contribution in [3.63, 3.8) is 0 Å². The Kier molecular flexibility index (Phi) is 4.58. The van der Waals surface area contributed by atoms with Crippen LogP contribution in [0.5, 0.6) is 5.75 Å². The predicted octanol–water partition coefficient (Wildman–Crippen LogP) is 4.18. The maximum atomic E-state index is 12.6. The molecule has 112 valence electrons. The van der Waals surface area contributed by atoms with E-state index in [9.17, 15) is 13.5 Å². The summed E-state index contributed by atoms with van der Waals surface area (Å²) >= 11 is 17.4. The first-order valence-electron chi connectivity index (χ1n) is 5.66. The number of sulfonamides is 1. The van der Waals surface area contributed by atoms with Gasteiger partial charge in [-0.15, -0.1) is 0 Å². The average molecular weight is 367 g/mol. The van der Waals surface area contributed by atoms with Crippen LogP contribution in [0.15, 0.2) is 41.3 Å². The van der Waals surface area contributed by atoms with Crippen LogP contribution in [0.4, 0.5) is 5.69 Å². The number of halogens is 3. The van der Waals surface area contributed by atoms with Crippen LogP contribution in [-0.2, 0) is 10.0 Å². The Morgan fingerprint density at radius 3 is 2.33 bits per heavy atom. The molecule has 4 nitrogen and oxygen atoms in total. The number of rotatable bonds is 3. The first kappa shape index (κ1) is 16.2. The fourth-order valence-electron chi connectivity index (χ4n) is 1.70. The summed E-state index contributed by atoms with van der Waals surface area (Å²) in [5, 5.41) is 10.2. The van der Waals surface area contributed by atoms with Gasteiger partial charge in [0.25, 0.3) is 10.0 Å². The van der Waals surface area contributed by atoms with Gasteiger partial charge in [-0.05, 0) is 30.3 Å². The zero-order valence-electron chi connectivity index (χ0n) is 10.7. The second-order valence-electron chi connectivity index (χ2n) is 4.19. The van der Waals surface area contributed by atoms with E-state index in [1.165, 1.54) is 19.2 Å². The maximum Gasteiger partial charge on any atom is 0.267 e. The quantitative estimate of drug-likeness (QED) is 0.886. The Morgan fingerprint density at radius 1 is 1.05 bits per heavy atom. The van der Waals surface area contributed by atoms with Gasteiger partial charge in [-0.25, -0.2) is 8.42 Å². The summed E-state index contributed by atoms with van der Waals surface area (Å²) in [6, 6.07) is 8.71. The number of anilines is 1. The van der Waals surface area contributed by atoms with Crippen LogP contribution >= 0.6 is 34.8 Å². The third kappa shape index (κ3) is 3.21. The second-order valence-corrected chi connectivity index (χ2v) is 7.40. The number of benzene rings is 2. The second kappa shape index (κ2) is 5.93. The molecule has 0 atom stereocenters. The molecule has 0 aliphatic heterocycles. The van der Waals surface area contributed by atoms with E-state index in [0.717, 1.165) is 10.4 Å². The molecule has 2 aromatic carbocycles. The first-order valence-corrected chi connectivity index (χ1v) is 8.23. The van der Waals surface area contributed by atoms with Gasteiger partial charge in [-0.3, -0.25) is 4.31 Å². The summed E-state index contributed by atoms with van der Waals surface area (Å²) in [5.41, 5.74) is 0.345. The van der Waals surface area contributed by atoms with Crippen molar-refractivity contribution < 1.29 is 13.5 Å². The number of hydrogen-bond donors (Lipinski definition) is 1. The molecule has 0 aromatic heterocycles. The molecule has 21 heavy (non-hydrogen) atoms. The normalized spacial score (nSPS) is 11.4. The Hall–Kier alpha value is -1.14. The molecule has 0 heterocycles. The van der Waals surface area contributed by atoms with Crippen molar-refractivity contribution in [1.82, 2.24) is 0 Å². The zero-order chi connectivity index (χ0) is 15.8. The van der Waals surface area contributed by atoms with Crippen molar-refractivity contribution in [1.29, 1.82) is 0 Å². The molecule has 0 spiro atoms. The standard InChI is InChI=1S/C13H10Cl3NO3S/c1-17(10-4-2-3-8(14)5-10)21(19,20)12-7-9(15)6-11(16)13(12)18/h2-7,18H,1H3. The lowest BCUT2D eigenvalue weighted by Crippen LogP contribution is -2.26. The van der Waals surface area contributed by atoms with E-state index in [2.05, 4.69) is 0 Å². The third-order valence-electron chi connectivity index (χ3n) is 2.80. The van der Waals surface area contributed by atoms with Gasteiger partial charge in [-0.1, -0.05) is 40.9 Å². The smallest absolute Gasteiger partial charge is 0.267 e. The molecule has 0 radical (unpaired) electrons. The van der Waals surface area contributed by atoms with Crippen LogP contribution in [0, 0.1) is 0 Å². The molecule has 0 unspecified atom stereocenters. The molecule has 0 saturated heterocycles. The number of nitrogens with zero attached hydrogens (tertiary/aromatic N) is 1. The van der Waals surface area contributed by atoms with E-state index in [1.807, 2.05) is 0 Å². The number of phenols is 1. The molecule has 0 saturated carbocycles. The molecule has 0 bridgehead atoms. The molecule has 0 aliphatic rings. The van der Waals surface area contributed by atoms with E-state index in [4.69, 9.17) is 34.8 Å². The van der Waals surface area contributed by atoms with Crippen LogP contribution in [0.1, 0.15) is 0 Å². The summed E-state index contributed by atoms with van der Waals surface area (Å²) in [6.45, 7) is 0. The SMILES string of the molecule is CN(c1cccc(Cl)c1)S(=O)(=O)c1cc(Cl)cc(Cl)c1O. The van der Waals surface area contributed by atoms with Crippen molar-refractivity contribution in [3.05, 3.63) is 51.5 Å². The molecular formula is C13H10Cl3NO3S. The molecule has 0 amide bonds. The van der Waals surface area contributed by atoms with Crippen molar-refractivity contribution >= 4 is 50.5 Å². The molecule has 1 N–H and O–H groups in total. The van der Waals surface area contributed by atoms with Crippen LogP contribution in [0.25, 0.3) is 0 Å². The highest BCUT2D eigenvalue weighted by atomic mass is 35.5. The molecular weight excluding hydrogens is 357 g/mol. The molecule has 2 aromatic rings. The summed E-state index contributed by atoms with van der Waals surface area (Å²) in [4.78, 5) is -0.373. The summed E-state index contributed by atoms with van der Waals surface area (Å²) in [5.74, 6) is -0.546. The van der Waals surface area contributed by atoms with Crippen molar-refractivity contribution in [2.75, 3.05) is 11.4 Å². The van der Waals surface area contributed by atoms with E-state index in [1.54, 1.807) is 18.2 Å². The number of hydrogen-bond acceptors (Lipinski definition) is 3. The number of phenolic OH excluding ortho intramolecular Hbond substituents is 1. The van der Waals surface area contributed by atoms with Gasteiger partial charge in [0.15, 0.2) is 5.75 Å². The van der Waals surface area contributed by atoms with Crippen molar-refractivity contribution in [3.8, 4) is 5.75 Å². The van der Waals surface area contributed by atoms with Gasteiger partial charge >= 0.3 is 0 Å². The van der Waals surface area contributed by atoms with E-state index in [0.29, 0.717) is 10.7 Å². The van der Waals surface area contributed by atoms with E-state index in [-0.39, 0.29) is 14.9 Å². The van der Waals surface area contributed by atoms with Gasteiger partial charge in [0.05, 0.1) is 10.7 Å². The van der Waals surface area contributed by atoms with Crippen LogP contribution < -0.4 is 4.31 Å². The van der Waals surface area contributed by atoms with Crippen LogP contribution in [0.3, 0.4) is 0 Å². The largest absolute Gasteiger partial charge is 0.505 e. The van der Waals surface area contributed by atoms with Gasteiger partial charge < -0.3 is 5.11 Å². The zero-order valence-corrected chi connectivity index (χ0v) is 13.8. The molecule has 0 aliphatic carbocycles. The lowest BCUT2D eigenvalue weighted by molar-refractivity contribution is 0.459. The Labute approximate surface area is 137 Å². The van der Waals surface area contributed by atoms with Crippen LogP contribution in [0.2, 0.25) is 15.1 Å². The Morgan fingerprint density at radius 2 is 1.71 bits per heavy atom. The topological polar surface area (TPSA) is 57.6 Å². The summed E-state index contributed by atoms with van der Waals surface area (Å²) in [6.07, 6.45) is 0. The summed E-state index contributed by atoms with van der Waals surface area (Å²) < 4.78 is 26.1. The minimum absolute atomic E-state index is 0.107. The maximum absolute atomic E-state index is 12.6. The first-order chi connectivity index (χ1) is 9.73. The highest BCUT2D eigenvalue weighted by Crippen LogP contribution is 2.36. The fourth-order valence-corrected chi connectivity index (χ4v) is 3.81. The van der Waals surface area contributed by atoms with E-state index < -0.39 is 15.8 Å². The highest BCUT2D eigenvalue weighted by molar-refractivity contribution is 7.93. The predicted molar refractivity (Wildman–Crippen MR) is 85.2 cm³/mol. The van der Waals surface area contributed by atoms with Crippen LogP contribution in [-0.4, -0.2) is 20.6 Å². The van der Waals surface area contributed by atoms with Gasteiger partial charge in [0, 0.05) is 17.1 Å².